The van der Waals surface area contributed by atoms with Crippen molar-refractivity contribution in [2.75, 3.05) is 37.6 Å². The first-order valence-electron chi connectivity index (χ1n) is 8.52. The fourth-order valence-corrected chi connectivity index (χ4v) is 4.33. The minimum absolute atomic E-state index is 0. The molecule has 1 aliphatic heterocycles. The number of aromatic nitrogens is 2. The first-order chi connectivity index (χ1) is 12.1. The summed E-state index contributed by atoms with van der Waals surface area (Å²) < 4.78 is 0. The van der Waals surface area contributed by atoms with Crippen molar-refractivity contribution in [1.29, 1.82) is 0 Å². The maximum absolute atomic E-state index is 11.6. The molecule has 3 rings (SSSR count). The summed E-state index contributed by atoms with van der Waals surface area (Å²) in [4.78, 5) is 23.6. The van der Waals surface area contributed by atoms with Crippen LogP contribution in [0.2, 0.25) is 5.02 Å². The van der Waals surface area contributed by atoms with E-state index in [9.17, 15) is 4.79 Å². The number of thioether (sulfide) groups is 1. The van der Waals surface area contributed by atoms with Crippen molar-refractivity contribution in [3.8, 4) is 0 Å². The van der Waals surface area contributed by atoms with Crippen molar-refractivity contribution in [3.05, 3.63) is 50.9 Å². The van der Waals surface area contributed by atoms with Crippen LogP contribution in [0, 0.1) is 6.92 Å². The van der Waals surface area contributed by atoms with E-state index < -0.39 is 0 Å². The normalized spacial score (nSPS) is 14.4. The topological polar surface area (TPSA) is 52.2 Å². The number of aromatic amines is 1. The molecule has 1 fully saturated rings. The number of aryl methyl sites for hydroxylation is 1. The van der Waals surface area contributed by atoms with Crippen LogP contribution in [0.25, 0.3) is 0 Å². The van der Waals surface area contributed by atoms with E-state index in [-0.39, 0.29) is 30.4 Å². The third-order valence-corrected chi connectivity index (χ3v) is 5.71. The molecule has 0 bridgehead atoms. The molecule has 1 aromatic heterocycles. The lowest BCUT2D eigenvalue weighted by Gasteiger charge is -2.36. The Morgan fingerprint density at radius 3 is 2.56 bits per heavy atom. The van der Waals surface area contributed by atoms with Gasteiger partial charge >= 0.3 is 0 Å². The molecule has 5 nitrogen and oxygen atoms in total. The van der Waals surface area contributed by atoms with Gasteiger partial charge in [-0.2, -0.15) is 0 Å². The number of nitrogens with zero attached hydrogens (tertiary/aromatic N) is 3. The lowest BCUT2D eigenvalue weighted by atomic mass is 10.1. The number of halogens is 3. The quantitative estimate of drug-likeness (QED) is 0.550. The van der Waals surface area contributed by atoms with Crippen LogP contribution in [0.5, 0.6) is 0 Å². The predicted molar refractivity (Wildman–Crippen MR) is 119 cm³/mol. The van der Waals surface area contributed by atoms with Crippen molar-refractivity contribution < 1.29 is 0 Å². The van der Waals surface area contributed by atoms with E-state index in [1.54, 1.807) is 0 Å². The number of hydrogen-bond donors (Lipinski definition) is 1. The number of anilines is 1. The van der Waals surface area contributed by atoms with E-state index in [0.717, 1.165) is 49.0 Å². The molecule has 1 N–H and O–H groups in total. The van der Waals surface area contributed by atoms with Gasteiger partial charge in [0.2, 0.25) is 0 Å². The van der Waals surface area contributed by atoms with Crippen molar-refractivity contribution in [2.45, 2.75) is 24.8 Å². The maximum atomic E-state index is 11.6. The minimum atomic E-state index is -0.120. The van der Waals surface area contributed by atoms with Crippen molar-refractivity contribution >= 4 is 53.9 Å². The molecule has 1 aliphatic rings. The average molecular weight is 452 g/mol. The van der Waals surface area contributed by atoms with Gasteiger partial charge in [0.25, 0.3) is 5.56 Å². The van der Waals surface area contributed by atoms with Crippen molar-refractivity contribution in [2.24, 2.45) is 0 Å². The van der Waals surface area contributed by atoms with Crippen LogP contribution in [-0.4, -0.2) is 47.6 Å². The fourth-order valence-electron chi connectivity index (χ4n) is 3.05. The number of likely N-dealkylation sites (N-methyl/N-ethyl adjacent to an activating group) is 1. The molecule has 9 heteroatoms. The summed E-state index contributed by atoms with van der Waals surface area (Å²) in [5.74, 6) is 0.676. The van der Waals surface area contributed by atoms with Crippen molar-refractivity contribution in [3.63, 3.8) is 0 Å². The second-order valence-electron chi connectivity index (χ2n) is 6.14. The molecule has 0 aliphatic carbocycles. The van der Waals surface area contributed by atoms with Gasteiger partial charge in [-0.05, 0) is 25.6 Å². The molecule has 0 amide bonds. The van der Waals surface area contributed by atoms with Crippen molar-refractivity contribution in [1.82, 2.24) is 14.9 Å². The van der Waals surface area contributed by atoms with Gasteiger partial charge in [0.05, 0.1) is 0 Å². The second-order valence-corrected chi connectivity index (χ2v) is 7.51. The molecule has 0 unspecified atom stereocenters. The van der Waals surface area contributed by atoms with Crippen LogP contribution < -0.4 is 10.5 Å². The predicted octanol–water partition coefficient (Wildman–Crippen LogP) is 4.01. The molecule has 0 atom stereocenters. The zero-order valence-corrected chi connectivity index (χ0v) is 18.6. The van der Waals surface area contributed by atoms with Gasteiger partial charge in [-0.25, -0.2) is 4.98 Å². The lowest BCUT2D eigenvalue weighted by Crippen LogP contribution is -2.46. The third-order valence-electron chi connectivity index (χ3n) is 4.46. The molecule has 27 heavy (non-hydrogen) atoms. The van der Waals surface area contributed by atoms with Crippen LogP contribution in [0.3, 0.4) is 0 Å². The zero-order valence-electron chi connectivity index (χ0n) is 15.4. The molecule has 2 aromatic rings. The Hall–Kier alpha value is -0.920. The number of rotatable bonds is 5. The molecule has 1 aromatic carbocycles. The Morgan fingerprint density at radius 2 is 1.93 bits per heavy atom. The number of H-pyrrole nitrogens is 1. The number of piperazine rings is 1. The Kier molecular flexibility index (Phi) is 9.98. The number of nitrogens with one attached hydrogen (secondary N) is 1. The van der Waals surface area contributed by atoms with Crippen LogP contribution in [0.15, 0.2) is 34.2 Å². The highest BCUT2D eigenvalue weighted by molar-refractivity contribution is 7.98. The molecular formula is C18H25Cl3N4OS. The highest BCUT2D eigenvalue weighted by Crippen LogP contribution is 2.33. The number of hydrogen-bond acceptors (Lipinski definition) is 5. The highest BCUT2D eigenvalue weighted by atomic mass is 35.5. The Bertz CT molecular complexity index is 794. The molecule has 0 saturated carbocycles. The summed E-state index contributed by atoms with van der Waals surface area (Å²) >= 11 is 8.00. The summed E-state index contributed by atoms with van der Waals surface area (Å²) in [6.07, 6.45) is 0. The standard InChI is InChI=1S/C18H23ClN4OS.2ClH/c1-3-22-7-9-23(10-8-22)16-6-4-5-15(19)14(16)12-25-18-20-13(2)11-17(24)21-18;;/h4-6,11H,3,7-10,12H2,1-2H3,(H,20,21,24);2*1H. The summed E-state index contributed by atoms with van der Waals surface area (Å²) in [5, 5.41) is 1.39. The van der Waals surface area contributed by atoms with Crippen LogP contribution in [-0.2, 0) is 5.75 Å². The summed E-state index contributed by atoms with van der Waals surface area (Å²) in [5.41, 5.74) is 2.89. The van der Waals surface area contributed by atoms with Gasteiger partial charge in [0, 0.05) is 60.0 Å². The lowest BCUT2D eigenvalue weighted by molar-refractivity contribution is 0.271. The number of benzene rings is 1. The van der Waals surface area contributed by atoms with Gasteiger partial charge in [-0.15, -0.1) is 24.8 Å². The second kappa shape index (κ2) is 11.2. The van der Waals surface area contributed by atoms with Gasteiger partial charge in [-0.3, -0.25) is 4.79 Å². The molecule has 2 heterocycles. The zero-order chi connectivity index (χ0) is 17.8. The van der Waals surface area contributed by atoms with Gasteiger partial charge in [0.15, 0.2) is 5.16 Å². The van der Waals surface area contributed by atoms with E-state index in [0.29, 0.717) is 10.9 Å². The smallest absolute Gasteiger partial charge is 0.251 e. The maximum Gasteiger partial charge on any atom is 0.251 e. The summed E-state index contributed by atoms with van der Waals surface area (Å²) in [6, 6.07) is 7.56. The third kappa shape index (κ3) is 6.29. The molecule has 0 spiro atoms. The highest BCUT2D eigenvalue weighted by Gasteiger charge is 2.19. The minimum Gasteiger partial charge on any atom is -0.369 e. The first-order valence-corrected chi connectivity index (χ1v) is 9.88. The van der Waals surface area contributed by atoms with E-state index in [1.807, 2.05) is 19.1 Å². The van der Waals surface area contributed by atoms with Crippen LogP contribution >= 0.6 is 48.2 Å². The Morgan fingerprint density at radius 1 is 1.22 bits per heavy atom. The monoisotopic (exact) mass is 450 g/mol. The fraction of sp³-hybridized carbons (Fsp3) is 0.444. The Balaban J connectivity index is 0.00000182. The molecule has 1 saturated heterocycles. The van der Waals surface area contributed by atoms with Crippen LogP contribution in [0.4, 0.5) is 5.69 Å². The van der Waals surface area contributed by atoms with E-state index in [1.165, 1.54) is 23.5 Å². The largest absolute Gasteiger partial charge is 0.369 e. The first kappa shape index (κ1) is 24.1. The van der Waals surface area contributed by atoms with E-state index in [4.69, 9.17) is 11.6 Å². The van der Waals surface area contributed by atoms with Gasteiger partial charge < -0.3 is 14.8 Å². The average Bonchev–Trinajstić information content (AvgIpc) is 2.60. The molecule has 150 valence electrons. The SMILES string of the molecule is CCN1CCN(c2cccc(Cl)c2CSc2nc(C)cc(=O)[nH]2)CC1.Cl.Cl. The van der Waals surface area contributed by atoms with E-state index in [2.05, 4.69) is 32.8 Å². The Labute approximate surface area is 181 Å². The van der Waals surface area contributed by atoms with E-state index >= 15 is 0 Å². The van der Waals surface area contributed by atoms with Gasteiger partial charge in [-0.1, -0.05) is 36.4 Å². The molecule has 0 radical (unpaired) electrons. The van der Waals surface area contributed by atoms with Crippen LogP contribution in [0.1, 0.15) is 18.2 Å². The summed E-state index contributed by atoms with van der Waals surface area (Å²) in [7, 11) is 0. The van der Waals surface area contributed by atoms with Gasteiger partial charge in [0.1, 0.15) is 0 Å². The summed E-state index contributed by atoms with van der Waals surface area (Å²) in [6.45, 7) is 9.28. The molecular weight excluding hydrogens is 427 g/mol.